The van der Waals surface area contributed by atoms with Crippen molar-refractivity contribution >= 4 is 0 Å². The molecule has 2 heterocycles. The van der Waals surface area contributed by atoms with E-state index in [0.717, 1.165) is 11.5 Å². The Balaban J connectivity index is 2.46. The van der Waals surface area contributed by atoms with E-state index in [9.17, 15) is 0 Å². The molecule has 0 aromatic heterocycles. The van der Waals surface area contributed by atoms with Gasteiger partial charge in [0.1, 0.15) is 11.5 Å². The SMILES string of the molecule is C1=CC=C2C=CC=CC(=C1)O2. The molecular formula is C10H8O. The van der Waals surface area contributed by atoms with Gasteiger partial charge in [0.15, 0.2) is 0 Å². The smallest absolute Gasteiger partial charge is 0.127 e. The molecule has 54 valence electrons. The Kier molecular flexibility index (Phi) is 1.48. The minimum atomic E-state index is 0.884. The van der Waals surface area contributed by atoms with Crippen LogP contribution < -0.4 is 0 Å². The molecule has 2 bridgehead atoms. The van der Waals surface area contributed by atoms with Crippen molar-refractivity contribution in [1.82, 2.24) is 0 Å². The van der Waals surface area contributed by atoms with Crippen molar-refractivity contribution in [3.05, 3.63) is 60.1 Å². The highest BCUT2D eigenvalue weighted by molar-refractivity contribution is 5.35. The van der Waals surface area contributed by atoms with Crippen molar-refractivity contribution in [2.24, 2.45) is 0 Å². The summed E-state index contributed by atoms with van der Waals surface area (Å²) >= 11 is 0. The monoisotopic (exact) mass is 144 g/mol. The Morgan fingerprint density at radius 1 is 0.727 bits per heavy atom. The fourth-order valence-electron chi connectivity index (χ4n) is 0.985. The minimum absolute atomic E-state index is 0.884. The van der Waals surface area contributed by atoms with Gasteiger partial charge in [0.25, 0.3) is 0 Å². The third-order valence-corrected chi connectivity index (χ3v) is 1.50. The molecule has 0 N–H and O–H groups in total. The van der Waals surface area contributed by atoms with Crippen molar-refractivity contribution in [3.8, 4) is 0 Å². The van der Waals surface area contributed by atoms with Gasteiger partial charge in [0.2, 0.25) is 0 Å². The van der Waals surface area contributed by atoms with Crippen molar-refractivity contribution in [1.29, 1.82) is 0 Å². The summed E-state index contributed by atoms with van der Waals surface area (Å²) in [5, 5.41) is 0. The summed E-state index contributed by atoms with van der Waals surface area (Å²) in [6, 6.07) is 0. The second-order valence-corrected chi connectivity index (χ2v) is 2.34. The summed E-state index contributed by atoms with van der Waals surface area (Å²) in [5.74, 6) is 1.77. The zero-order valence-electron chi connectivity index (χ0n) is 6.03. The fraction of sp³-hybridized carbons (Fsp3) is 0. The van der Waals surface area contributed by atoms with Crippen LogP contribution in [0.2, 0.25) is 0 Å². The molecule has 1 heteroatoms. The number of rotatable bonds is 0. The molecular weight excluding hydrogens is 136 g/mol. The van der Waals surface area contributed by atoms with Gasteiger partial charge in [0.05, 0.1) is 0 Å². The molecule has 0 aromatic rings. The first-order chi connectivity index (χ1) is 5.45. The zero-order valence-corrected chi connectivity index (χ0v) is 6.03. The van der Waals surface area contributed by atoms with Gasteiger partial charge in [-0.25, -0.2) is 0 Å². The normalized spacial score (nSPS) is 19.6. The lowest BCUT2D eigenvalue weighted by molar-refractivity contribution is 0.338. The van der Waals surface area contributed by atoms with Crippen LogP contribution in [0.3, 0.4) is 0 Å². The van der Waals surface area contributed by atoms with E-state index in [2.05, 4.69) is 0 Å². The lowest BCUT2D eigenvalue weighted by atomic mass is 10.3. The Bertz CT molecular complexity index is 271. The maximum atomic E-state index is 5.46. The summed E-state index contributed by atoms with van der Waals surface area (Å²) in [4.78, 5) is 0. The van der Waals surface area contributed by atoms with Gasteiger partial charge >= 0.3 is 0 Å². The largest absolute Gasteiger partial charge is 0.457 e. The Morgan fingerprint density at radius 3 is 1.82 bits per heavy atom. The molecule has 0 unspecified atom stereocenters. The van der Waals surface area contributed by atoms with Gasteiger partial charge in [-0.3, -0.25) is 0 Å². The van der Waals surface area contributed by atoms with E-state index in [-0.39, 0.29) is 0 Å². The molecule has 0 saturated carbocycles. The maximum absolute atomic E-state index is 5.46. The van der Waals surface area contributed by atoms with Gasteiger partial charge in [-0.05, 0) is 24.3 Å². The van der Waals surface area contributed by atoms with E-state index in [4.69, 9.17) is 4.74 Å². The molecule has 2 aliphatic rings. The van der Waals surface area contributed by atoms with Crippen LogP contribution in [0.1, 0.15) is 0 Å². The van der Waals surface area contributed by atoms with Crippen LogP contribution in [-0.2, 0) is 4.74 Å². The lowest BCUT2D eigenvalue weighted by Crippen LogP contribution is -1.83. The topological polar surface area (TPSA) is 9.23 Å². The first-order valence-electron chi connectivity index (χ1n) is 3.56. The highest BCUT2D eigenvalue weighted by Crippen LogP contribution is 2.15. The van der Waals surface area contributed by atoms with Crippen LogP contribution >= 0.6 is 0 Å². The van der Waals surface area contributed by atoms with Crippen molar-refractivity contribution in [2.45, 2.75) is 0 Å². The van der Waals surface area contributed by atoms with Crippen molar-refractivity contribution < 1.29 is 4.74 Å². The number of ether oxygens (including phenoxy) is 1. The maximum Gasteiger partial charge on any atom is 0.127 e. The Morgan fingerprint density at radius 2 is 1.27 bits per heavy atom. The van der Waals surface area contributed by atoms with Crippen LogP contribution in [0.25, 0.3) is 0 Å². The molecule has 2 rings (SSSR count). The van der Waals surface area contributed by atoms with Crippen molar-refractivity contribution in [3.63, 3.8) is 0 Å². The fourth-order valence-corrected chi connectivity index (χ4v) is 0.985. The zero-order chi connectivity index (χ0) is 7.52. The van der Waals surface area contributed by atoms with E-state index >= 15 is 0 Å². The predicted molar refractivity (Wildman–Crippen MR) is 44.7 cm³/mol. The van der Waals surface area contributed by atoms with Gasteiger partial charge in [0, 0.05) is 0 Å². The minimum Gasteiger partial charge on any atom is -0.457 e. The highest BCUT2D eigenvalue weighted by Gasteiger charge is 2.00. The molecule has 11 heavy (non-hydrogen) atoms. The van der Waals surface area contributed by atoms with Crippen LogP contribution in [0.15, 0.2) is 60.1 Å². The Labute approximate surface area is 65.7 Å². The van der Waals surface area contributed by atoms with E-state index in [0.29, 0.717) is 0 Å². The van der Waals surface area contributed by atoms with Gasteiger partial charge in [-0.1, -0.05) is 24.3 Å². The summed E-state index contributed by atoms with van der Waals surface area (Å²) in [5.41, 5.74) is 0. The third-order valence-electron chi connectivity index (χ3n) is 1.50. The number of fused-ring (bicyclic) bond motifs is 2. The number of hydrogen-bond donors (Lipinski definition) is 0. The second-order valence-electron chi connectivity index (χ2n) is 2.34. The molecule has 0 aliphatic carbocycles. The standard InChI is InChI=1S/C10H8O/c1-2-6-10-8-4-3-7-9(5-1)11-10/h1-8H. The lowest BCUT2D eigenvalue weighted by Gasteiger charge is -2.01. The van der Waals surface area contributed by atoms with Gasteiger partial charge < -0.3 is 4.74 Å². The van der Waals surface area contributed by atoms with E-state index in [1.807, 2.05) is 48.6 Å². The molecule has 0 radical (unpaired) electrons. The second kappa shape index (κ2) is 2.62. The van der Waals surface area contributed by atoms with Gasteiger partial charge in [-0.2, -0.15) is 0 Å². The molecule has 0 saturated heterocycles. The van der Waals surface area contributed by atoms with Crippen molar-refractivity contribution in [2.75, 3.05) is 0 Å². The van der Waals surface area contributed by atoms with E-state index < -0.39 is 0 Å². The molecule has 1 nitrogen and oxygen atoms in total. The number of hydrogen-bond acceptors (Lipinski definition) is 1. The highest BCUT2D eigenvalue weighted by atomic mass is 16.5. The Hall–Kier alpha value is -1.50. The summed E-state index contributed by atoms with van der Waals surface area (Å²) in [6.07, 6.45) is 15.6. The van der Waals surface area contributed by atoms with Crippen LogP contribution in [0.5, 0.6) is 0 Å². The van der Waals surface area contributed by atoms with Crippen LogP contribution in [0, 0.1) is 0 Å². The third kappa shape index (κ3) is 1.32. The summed E-state index contributed by atoms with van der Waals surface area (Å²) < 4.78 is 5.46. The van der Waals surface area contributed by atoms with E-state index in [1.165, 1.54) is 0 Å². The molecule has 0 amide bonds. The molecule has 0 atom stereocenters. The van der Waals surface area contributed by atoms with E-state index in [1.54, 1.807) is 0 Å². The van der Waals surface area contributed by atoms with Gasteiger partial charge in [-0.15, -0.1) is 0 Å². The predicted octanol–water partition coefficient (Wildman–Crippen LogP) is 2.47. The molecule has 0 fully saturated rings. The quantitative estimate of drug-likeness (QED) is 0.507. The first kappa shape index (κ1) is 6.23. The van der Waals surface area contributed by atoms with Crippen LogP contribution in [-0.4, -0.2) is 0 Å². The summed E-state index contributed by atoms with van der Waals surface area (Å²) in [6.45, 7) is 0. The first-order valence-corrected chi connectivity index (χ1v) is 3.56. The molecule has 0 aromatic carbocycles. The average molecular weight is 144 g/mol. The summed E-state index contributed by atoms with van der Waals surface area (Å²) in [7, 11) is 0. The average Bonchev–Trinajstić information content (AvgIpc) is 2.36. The molecule has 2 aliphatic heterocycles. The number of allylic oxidation sites excluding steroid dienone is 8. The molecule has 0 spiro atoms. The van der Waals surface area contributed by atoms with Crippen LogP contribution in [0.4, 0.5) is 0 Å².